The zero-order valence-corrected chi connectivity index (χ0v) is 16.6. The minimum atomic E-state index is -0.239. The molecule has 1 heterocycles. The van der Waals surface area contributed by atoms with Crippen LogP contribution in [0.1, 0.15) is 36.8 Å². The summed E-state index contributed by atoms with van der Waals surface area (Å²) in [6.45, 7) is 6.48. The number of ether oxygens (including phenoxy) is 1. The van der Waals surface area contributed by atoms with Crippen molar-refractivity contribution in [3.8, 4) is 5.75 Å². The van der Waals surface area contributed by atoms with Crippen molar-refractivity contribution < 1.29 is 9.53 Å². The number of amides is 1. The highest BCUT2D eigenvalue weighted by atomic mass is 16.5. The summed E-state index contributed by atoms with van der Waals surface area (Å²) in [7, 11) is 1.63. The first-order chi connectivity index (χ1) is 13.3. The van der Waals surface area contributed by atoms with Gasteiger partial charge in [0.05, 0.1) is 19.0 Å². The summed E-state index contributed by atoms with van der Waals surface area (Å²) in [5, 5.41) is 6.12. The van der Waals surface area contributed by atoms with Crippen LogP contribution in [0.15, 0.2) is 66.9 Å². The van der Waals surface area contributed by atoms with Gasteiger partial charge in [0.1, 0.15) is 11.4 Å². The van der Waals surface area contributed by atoms with Gasteiger partial charge in [-0.2, -0.15) is 0 Å². The second kappa shape index (κ2) is 8.13. The molecule has 5 heteroatoms. The quantitative estimate of drug-likeness (QED) is 0.628. The summed E-state index contributed by atoms with van der Waals surface area (Å²) in [6.07, 6.45) is 1.64. The van der Waals surface area contributed by atoms with Crippen molar-refractivity contribution in [2.45, 2.75) is 26.2 Å². The van der Waals surface area contributed by atoms with Crippen molar-refractivity contribution in [1.82, 2.24) is 4.98 Å². The van der Waals surface area contributed by atoms with E-state index in [0.717, 1.165) is 22.8 Å². The Labute approximate surface area is 165 Å². The third kappa shape index (κ3) is 4.88. The van der Waals surface area contributed by atoms with Crippen LogP contribution >= 0.6 is 0 Å². The van der Waals surface area contributed by atoms with E-state index >= 15 is 0 Å². The van der Waals surface area contributed by atoms with Gasteiger partial charge in [-0.3, -0.25) is 4.79 Å². The van der Waals surface area contributed by atoms with Crippen LogP contribution in [0.3, 0.4) is 0 Å². The summed E-state index contributed by atoms with van der Waals surface area (Å²) in [5.74, 6) is 0.530. The minimum Gasteiger partial charge on any atom is -0.497 e. The summed E-state index contributed by atoms with van der Waals surface area (Å²) < 4.78 is 5.22. The lowest BCUT2D eigenvalue weighted by atomic mass is 9.87. The van der Waals surface area contributed by atoms with E-state index in [9.17, 15) is 4.79 Å². The van der Waals surface area contributed by atoms with Gasteiger partial charge < -0.3 is 15.4 Å². The van der Waals surface area contributed by atoms with Crippen molar-refractivity contribution in [2.75, 3.05) is 17.7 Å². The molecule has 0 unspecified atom stereocenters. The number of benzene rings is 2. The number of carbonyl (C=O) groups is 1. The van der Waals surface area contributed by atoms with Gasteiger partial charge in [-0.25, -0.2) is 4.98 Å². The fourth-order valence-electron chi connectivity index (χ4n) is 2.72. The molecule has 0 saturated heterocycles. The lowest BCUT2D eigenvalue weighted by Gasteiger charge is -2.19. The van der Waals surface area contributed by atoms with Crippen molar-refractivity contribution in [2.24, 2.45) is 0 Å². The van der Waals surface area contributed by atoms with Crippen LogP contribution in [0.4, 0.5) is 17.1 Å². The second-order valence-electron chi connectivity index (χ2n) is 7.57. The minimum absolute atomic E-state index is 0.0791. The predicted molar refractivity (Wildman–Crippen MR) is 114 cm³/mol. The number of aromatic nitrogens is 1. The highest BCUT2D eigenvalue weighted by molar-refractivity contribution is 6.03. The molecule has 1 amide bonds. The first kappa shape index (κ1) is 19.4. The van der Waals surface area contributed by atoms with E-state index in [1.165, 1.54) is 5.56 Å². The van der Waals surface area contributed by atoms with Crippen molar-refractivity contribution in [3.05, 3.63) is 78.1 Å². The Balaban J connectivity index is 1.65. The van der Waals surface area contributed by atoms with E-state index in [2.05, 4.69) is 36.4 Å². The Hall–Kier alpha value is -3.34. The molecule has 5 nitrogen and oxygen atoms in total. The SMILES string of the molecule is COc1cccc(Nc2ccc(C(=O)Nc3ccc(C(C)(C)C)cc3)nc2)c1. The monoisotopic (exact) mass is 375 g/mol. The molecule has 0 saturated carbocycles. The van der Waals surface area contributed by atoms with Gasteiger partial charge >= 0.3 is 0 Å². The number of nitrogens with one attached hydrogen (secondary N) is 2. The molecule has 3 aromatic rings. The molecule has 0 aliphatic carbocycles. The van der Waals surface area contributed by atoms with Gasteiger partial charge in [-0.1, -0.05) is 39.0 Å². The Morgan fingerprint density at radius 2 is 1.64 bits per heavy atom. The van der Waals surface area contributed by atoms with Crippen molar-refractivity contribution in [1.29, 1.82) is 0 Å². The third-order valence-corrected chi connectivity index (χ3v) is 4.36. The van der Waals surface area contributed by atoms with E-state index in [4.69, 9.17) is 4.74 Å². The number of methoxy groups -OCH3 is 1. The van der Waals surface area contributed by atoms with Crippen molar-refractivity contribution in [3.63, 3.8) is 0 Å². The first-order valence-electron chi connectivity index (χ1n) is 9.14. The largest absolute Gasteiger partial charge is 0.497 e. The molecule has 1 aromatic heterocycles. The number of hydrogen-bond acceptors (Lipinski definition) is 4. The van der Waals surface area contributed by atoms with Gasteiger partial charge in [-0.15, -0.1) is 0 Å². The van der Waals surface area contributed by atoms with Crippen LogP contribution in [0.25, 0.3) is 0 Å². The number of nitrogens with zero attached hydrogens (tertiary/aromatic N) is 1. The van der Waals surface area contributed by atoms with Gasteiger partial charge in [-0.05, 0) is 47.4 Å². The van der Waals surface area contributed by atoms with Crippen LogP contribution < -0.4 is 15.4 Å². The highest BCUT2D eigenvalue weighted by Crippen LogP contribution is 2.24. The lowest BCUT2D eigenvalue weighted by Crippen LogP contribution is -2.14. The average molecular weight is 375 g/mol. The van der Waals surface area contributed by atoms with E-state index < -0.39 is 0 Å². The Bertz CT molecular complexity index is 943. The second-order valence-corrected chi connectivity index (χ2v) is 7.57. The molecule has 0 aliphatic heterocycles. The van der Waals surface area contributed by atoms with Gasteiger partial charge in [0.2, 0.25) is 0 Å². The predicted octanol–water partition coefficient (Wildman–Crippen LogP) is 5.38. The first-order valence-corrected chi connectivity index (χ1v) is 9.14. The summed E-state index contributed by atoms with van der Waals surface area (Å²) in [5.41, 5.74) is 4.08. The number of anilines is 3. The molecule has 0 aliphatic rings. The maximum Gasteiger partial charge on any atom is 0.274 e. The molecule has 0 bridgehead atoms. The molecule has 0 atom stereocenters. The van der Waals surface area contributed by atoms with E-state index in [-0.39, 0.29) is 11.3 Å². The van der Waals surface area contributed by atoms with Crippen LogP contribution in [0, 0.1) is 0 Å². The van der Waals surface area contributed by atoms with E-state index in [0.29, 0.717) is 5.69 Å². The normalized spacial score (nSPS) is 11.0. The number of pyridine rings is 1. The summed E-state index contributed by atoms with van der Waals surface area (Å²) in [6, 6.07) is 19.0. The molecular formula is C23H25N3O2. The number of carbonyl (C=O) groups excluding carboxylic acids is 1. The molecule has 2 N–H and O–H groups in total. The molecule has 0 radical (unpaired) electrons. The molecular weight excluding hydrogens is 350 g/mol. The Morgan fingerprint density at radius 3 is 2.25 bits per heavy atom. The van der Waals surface area contributed by atoms with Crippen LogP contribution in [-0.4, -0.2) is 18.0 Å². The molecule has 0 spiro atoms. The van der Waals surface area contributed by atoms with E-state index in [1.54, 1.807) is 19.4 Å². The summed E-state index contributed by atoms with van der Waals surface area (Å²) in [4.78, 5) is 16.7. The topological polar surface area (TPSA) is 63.2 Å². The fraction of sp³-hybridized carbons (Fsp3) is 0.217. The van der Waals surface area contributed by atoms with Gasteiger partial charge in [0, 0.05) is 17.4 Å². The van der Waals surface area contributed by atoms with Crippen LogP contribution in [-0.2, 0) is 5.41 Å². The zero-order chi connectivity index (χ0) is 20.1. The van der Waals surface area contributed by atoms with E-state index in [1.807, 2.05) is 54.6 Å². The van der Waals surface area contributed by atoms with Gasteiger partial charge in [0.15, 0.2) is 0 Å². The maximum absolute atomic E-state index is 12.4. The molecule has 2 aromatic carbocycles. The Morgan fingerprint density at radius 1 is 0.929 bits per heavy atom. The molecule has 144 valence electrons. The Kier molecular flexibility index (Phi) is 5.64. The van der Waals surface area contributed by atoms with Crippen LogP contribution in [0.5, 0.6) is 5.75 Å². The molecule has 0 fully saturated rings. The van der Waals surface area contributed by atoms with Crippen LogP contribution in [0.2, 0.25) is 0 Å². The standard InChI is InChI=1S/C23H25N3O2/c1-23(2,3)16-8-10-17(11-9-16)26-22(27)21-13-12-19(15-24-21)25-18-6-5-7-20(14-18)28-4/h5-15,25H,1-4H3,(H,26,27). The maximum atomic E-state index is 12.4. The highest BCUT2D eigenvalue weighted by Gasteiger charge is 2.14. The fourth-order valence-corrected chi connectivity index (χ4v) is 2.72. The molecule has 28 heavy (non-hydrogen) atoms. The number of rotatable bonds is 5. The smallest absolute Gasteiger partial charge is 0.274 e. The third-order valence-electron chi connectivity index (χ3n) is 4.36. The lowest BCUT2D eigenvalue weighted by molar-refractivity contribution is 0.102. The molecule has 3 rings (SSSR count). The average Bonchev–Trinajstić information content (AvgIpc) is 2.68. The number of hydrogen-bond donors (Lipinski definition) is 2. The summed E-state index contributed by atoms with van der Waals surface area (Å²) >= 11 is 0. The van der Waals surface area contributed by atoms with Crippen molar-refractivity contribution >= 4 is 23.0 Å². The van der Waals surface area contributed by atoms with Gasteiger partial charge in [0.25, 0.3) is 5.91 Å². The zero-order valence-electron chi connectivity index (χ0n) is 16.6.